The van der Waals surface area contributed by atoms with Gasteiger partial charge in [-0.2, -0.15) is 0 Å². The van der Waals surface area contributed by atoms with Gasteiger partial charge in [0.05, 0.1) is 6.42 Å². The Hall–Kier alpha value is -3.13. The molecule has 1 aliphatic heterocycles. The zero-order valence-corrected chi connectivity index (χ0v) is 15.7. The molecule has 3 aromatic rings. The van der Waals surface area contributed by atoms with Crippen molar-refractivity contribution in [3.8, 4) is 0 Å². The second-order valence-electron chi connectivity index (χ2n) is 6.54. The van der Waals surface area contributed by atoms with Crippen LogP contribution in [0.1, 0.15) is 22.9 Å². The van der Waals surface area contributed by atoms with Crippen molar-refractivity contribution >= 4 is 34.0 Å². The summed E-state index contributed by atoms with van der Waals surface area (Å²) in [5.41, 5.74) is 1.58. The first-order chi connectivity index (χ1) is 13.6. The number of anilines is 2. The largest absolute Gasteiger partial charge is 0.312 e. The topological polar surface area (TPSA) is 75.2 Å². The van der Waals surface area contributed by atoms with Gasteiger partial charge in [-0.1, -0.05) is 41.7 Å². The summed E-state index contributed by atoms with van der Waals surface area (Å²) in [6, 6.07) is 15.3. The molecule has 0 bridgehead atoms. The molecule has 142 valence electrons. The number of carbonyl (C=O) groups excluding carboxylic acids is 2. The highest BCUT2D eigenvalue weighted by molar-refractivity contribution is 7.15. The van der Waals surface area contributed by atoms with E-state index in [1.807, 2.05) is 30.3 Å². The molecule has 28 heavy (non-hydrogen) atoms. The normalized spacial score (nSPS) is 16.4. The fraction of sp³-hybridized carbons (Fsp3) is 0.200. The zero-order valence-electron chi connectivity index (χ0n) is 14.8. The molecule has 0 saturated carbocycles. The van der Waals surface area contributed by atoms with E-state index in [1.165, 1.54) is 23.5 Å². The lowest BCUT2D eigenvalue weighted by Crippen LogP contribution is -2.24. The molecular formula is C20H17FN4O2S. The van der Waals surface area contributed by atoms with Crippen LogP contribution >= 0.6 is 11.3 Å². The molecule has 2 heterocycles. The smallest absolute Gasteiger partial charge is 0.230 e. The number of hydrogen-bond acceptors (Lipinski definition) is 5. The van der Waals surface area contributed by atoms with Crippen LogP contribution in [-0.4, -0.2) is 28.6 Å². The molecule has 2 aromatic carbocycles. The van der Waals surface area contributed by atoms with Crippen LogP contribution in [0.2, 0.25) is 0 Å². The maximum atomic E-state index is 12.9. The predicted molar refractivity (Wildman–Crippen MR) is 105 cm³/mol. The van der Waals surface area contributed by atoms with Crippen molar-refractivity contribution in [2.75, 3.05) is 16.8 Å². The van der Waals surface area contributed by atoms with Crippen molar-refractivity contribution < 1.29 is 14.0 Å². The van der Waals surface area contributed by atoms with E-state index in [9.17, 15) is 14.0 Å². The molecule has 1 saturated heterocycles. The van der Waals surface area contributed by atoms with Gasteiger partial charge in [-0.25, -0.2) is 4.39 Å². The molecule has 1 aliphatic rings. The second kappa shape index (κ2) is 7.85. The number of benzene rings is 2. The monoisotopic (exact) mass is 396 g/mol. The van der Waals surface area contributed by atoms with Gasteiger partial charge in [0.15, 0.2) is 0 Å². The van der Waals surface area contributed by atoms with E-state index < -0.39 is 0 Å². The first-order valence-electron chi connectivity index (χ1n) is 8.81. The van der Waals surface area contributed by atoms with E-state index in [-0.39, 0.29) is 30.0 Å². The van der Waals surface area contributed by atoms with Crippen LogP contribution in [0.5, 0.6) is 0 Å². The number of nitrogens with one attached hydrogen (secondary N) is 1. The van der Waals surface area contributed by atoms with Crippen LogP contribution in [0, 0.1) is 5.82 Å². The summed E-state index contributed by atoms with van der Waals surface area (Å²) in [6.45, 7) is 0.543. The van der Waals surface area contributed by atoms with Gasteiger partial charge in [0.2, 0.25) is 16.9 Å². The van der Waals surface area contributed by atoms with E-state index in [1.54, 1.807) is 17.0 Å². The minimum Gasteiger partial charge on any atom is -0.312 e. The standard InChI is InChI=1S/C20H17FN4O2S/c21-15-8-6-13(7-9-15)10-17(26)22-20-24-23-19(28-20)14-11-18(27)25(12-14)16-4-2-1-3-5-16/h1-9,14H,10-12H2,(H,22,24,26). The molecule has 2 amide bonds. The van der Waals surface area contributed by atoms with E-state index in [2.05, 4.69) is 15.5 Å². The molecule has 1 atom stereocenters. The van der Waals surface area contributed by atoms with Crippen LogP contribution in [0.3, 0.4) is 0 Å². The SMILES string of the molecule is O=C(Cc1ccc(F)cc1)Nc1nnc(C2CC(=O)N(c3ccccc3)C2)s1. The number of aromatic nitrogens is 2. The quantitative estimate of drug-likeness (QED) is 0.717. The minimum atomic E-state index is -0.339. The van der Waals surface area contributed by atoms with E-state index >= 15 is 0 Å². The Morgan fingerprint density at radius 1 is 1.14 bits per heavy atom. The Kier molecular flexibility index (Phi) is 5.12. The highest BCUT2D eigenvalue weighted by atomic mass is 32.1. The average Bonchev–Trinajstić information content (AvgIpc) is 3.31. The summed E-state index contributed by atoms with van der Waals surface area (Å²) in [7, 11) is 0. The third kappa shape index (κ3) is 4.07. The molecular weight excluding hydrogens is 379 g/mol. The Morgan fingerprint density at radius 2 is 1.89 bits per heavy atom. The molecule has 1 unspecified atom stereocenters. The third-order valence-corrected chi connectivity index (χ3v) is 5.51. The van der Waals surface area contributed by atoms with E-state index in [0.717, 1.165) is 10.7 Å². The molecule has 0 aliphatic carbocycles. The molecule has 0 spiro atoms. The van der Waals surface area contributed by atoms with Crippen molar-refractivity contribution in [3.05, 3.63) is 71.0 Å². The van der Waals surface area contributed by atoms with Gasteiger partial charge in [0.1, 0.15) is 10.8 Å². The Bertz CT molecular complexity index is 991. The van der Waals surface area contributed by atoms with Gasteiger partial charge < -0.3 is 10.2 Å². The summed E-state index contributed by atoms with van der Waals surface area (Å²) >= 11 is 1.28. The van der Waals surface area contributed by atoms with E-state index in [0.29, 0.717) is 23.7 Å². The minimum absolute atomic E-state index is 0.0482. The van der Waals surface area contributed by atoms with Gasteiger partial charge in [0, 0.05) is 24.6 Å². The van der Waals surface area contributed by atoms with Crippen LogP contribution in [0.4, 0.5) is 15.2 Å². The number of carbonyl (C=O) groups is 2. The van der Waals surface area contributed by atoms with E-state index in [4.69, 9.17) is 0 Å². The summed E-state index contributed by atoms with van der Waals surface area (Å²) in [4.78, 5) is 26.3. The number of para-hydroxylation sites is 1. The Morgan fingerprint density at radius 3 is 2.64 bits per heavy atom. The number of nitrogens with zero attached hydrogens (tertiary/aromatic N) is 3. The molecule has 6 nitrogen and oxygen atoms in total. The highest BCUT2D eigenvalue weighted by Gasteiger charge is 2.33. The van der Waals surface area contributed by atoms with Gasteiger partial charge in [-0.3, -0.25) is 9.59 Å². The summed E-state index contributed by atoms with van der Waals surface area (Å²) < 4.78 is 12.9. The number of halogens is 1. The molecule has 0 radical (unpaired) electrons. The van der Waals surface area contributed by atoms with Crippen LogP contribution in [0.25, 0.3) is 0 Å². The first kappa shape index (κ1) is 18.2. The summed E-state index contributed by atoms with van der Waals surface area (Å²) in [5, 5.41) is 12.0. The van der Waals surface area contributed by atoms with Crippen molar-refractivity contribution in [2.24, 2.45) is 0 Å². The van der Waals surface area contributed by atoms with Crippen LogP contribution < -0.4 is 10.2 Å². The summed E-state index contributed by atoms with van der Waals surface area (Å²) in [6.07, 6.45) is 0.492. The van der Waals surface area contributed by atoms with Crippen molar-refractivity contribution in [2.45, 2.75) is 18.8 Å². The average molecular weight is 396 g/mol. The lowest BCUT2D eigenvalue weighted by atomic mass is 10.1. The maximum absolute atomic E-state index is 12.9. The third-order valence-electron chi connectivity index (χ3n) is 4.51. The van der Waals surface area contributed by atoms with Crippen molar-refractivity contribution in [1.82, 2.24) is 10.2 Å². The second-order valence-corrected chi connectivity index (χ2v) is 7.55. The lowest BCUT2D eigenvalue weighted by Gasteiger charge is -2.15. The molecule has 8 heteroatoms. The molecule has 1 aromatic heterocycles. The first-order valence-corrected chi connectivity index (χ1v) is 9.63. The fourth-order valence-corrected chi connectivity index (χ4v) is 3.98. The van der Waals surface area contributed by atoms with Gasteiger partial charge in [-0.05, 0) is 29.8 Å². The fourth-order valence-electron chi connectivity index (χ4n) is 3.13. The maximum Gasteiger partial charge on any atom is 0.230 e. The Balaban J connectivity index is 1.38. The molecule has 1 fully saturated rings. The Labute approximate surface area is 165 Å². The molecule has 1 N–H and O–H groups in total. The zero-order chi connectivity index (χ0) is 19.5. The van der Waals surface area contributed by atoms with Gasteiger partial charge in [-0.15, -0.1) is 10.2 Å². The summed E-state index contributed by atoms with van der Waals surface area (Å²) in [5.74, 6) is -0.586. The van der Waals surface area contributed by atoms with Gasteiger partial charge in [0.25, 0.3) is 0 Å². The predicted octanol–water partition coefficient (Wildman–Crippen LogP) is 3.38. The highest BCUT2D eigenvalue weighted by Crippen LogP contribution is 2.34. The van der Waals surface area contributed by atoms with Crippen molar-refractivity contribution in [3.63, 3.8) is 0 Å². The lowest BCUT2D eigenvalue weighted by molar-refractivity contribution is -0.117. The number of rotatable bonds is 5. The van der Waals surface area contributed by atoms with Gasteiger partial charge >= 0.3 is 0 Å². The molecule has 4 rings (SSSR count). The number of hydrogen-bond donors (Lipinski definition) is 1. The van der Waals surface area contributed by atoms with Crippen LogP contribution in [-0.2, 0) is 16.0 Å². The number of amides is 2. The van der Waals surface area contributed by atoms with Crippen molar-refractivity contribution in [1.29, 1.82) is 0 Å². The van der Waals surface area contributed by atoms with Crippen LogP contribution in [0.15, 0.2) is 54.6 Å².